The van der Waals surface area contributed by atoms with Crippen molar-refractivity contribution in [2.24, 2.45) is 0 Å². The van der Waals surface area contributed by atoms with Gasteiger partial charge >= 0.3 is 0 Å². The summed E-state index contributed by atoms with van der Waals surface area (Å²) < 4.78 is 0. The molecule has 1 aromatic carbocycles. The van der Waals surface area contributed by atoms with Gasteiger partial charge in [0.1, 0.15) is 5.69 Å². The lowest BCUT2D eigenvalue weighted by atomic mass is 10.1. The number of benzene rings is 1. The molecule has 0 unspecified atom stereocenters. The van der Waals surface area contributed by atoms with Crippen LogP contribution in [-0.4, -0.2) is 16.9 Å². The van der Waals surface area contributed by atoms with Gasteiger partial charge in [0.15, 0.2) is 0 Å². The maximum atomic E-state index is 12.3. The number of amides is 1. The average Bonchev–Trinajstić information content (AvgIpc) is 2.85. The van der Waals surface area contributed by atoms with Crippen LogP contribution < -0.4 is 5.32 Å². The van der Waals surface area contributed by atoms with Crippen LogP contribution in [0.2, 0.25) is 0 Å². The summed E-state index contributed by atoms with van der Waals surface area (Å²) in [5.74, 6) is -0.0116. The Balaban J connectivity index is 1.59. The highest BCUT2D eigenvalue weighted by Crippen LogP contribution is 2.19. The third kappa shape index (κ3) is 4.17. The quantitative estimate of drug-likeness (QED) is 0.860. The minimum absolute atomic E-state index is 0.0116. The van der Waals surface area contributed by atoms with Crippen molar-refractivity contribution >= 4 is 17.2 Å². The maximum Gasteiger partial charge on any atom is 0.270 e. The minimum atomic E-state index is -0.0116. The predicted molar refractivity (Wildman–Crippen MR) is 90.3 cm³/mol. The number of aromatic nitrogens is 1. The van der Waals surface area contributed by atoms with Crippen LogP contribution in [0.5, 0.6) is 0 Å². The van der Waals surface area contributed by atoms with E-state index >= 15 is 0 Å². The number of hydrogen-bond acceptors (Lipinski definition) is 3. The number of carbonyl (C=O) groups excluding carboxylic acids is 1. The van der Waals surface area contributed by atoms with E-state index in [9.17, 15) is 4.79 Å². The van der Waals surface area contributed by atoms with Gasteiger partial charge in [0.05, 0.1) is 5.01 Å². The molecule has 116 valence electrons. The molecule has 1 saturated carbocycles. The third-order valence-corrected chi connectivity index (χ3v) is 5.02. The number of nitrogens with one attached hydrogen (secondary N) is 1. The summed E-state index contributed by atoms with van der Waals surface area (Å²) in [6.07, 6.45) is 8.04. The van der Waals surface area contributed by atoms with Gasteiger partial charge in [0.2, 0.25) is 0 Å². The Kier molecular flexibility index (Phi) is 5.22. The summed E-state index contributed by atoms with van der Waals surface area (Å²) in [4.78, 5) is 16.8. The van der Waals surface area contributed by atoms with E-state index in [2.05, 4.69) is 22.4 Å². The Morgan fingerprint density at radius 3 is 2.59 bits per heavy atom. The van der Waals surface area contributed by atoms with E-state index in [-0.39, 0.29) is 5.91 Å². The fraction of sp³-hybridized carbons (Fsp3) is 0.444. The predicted octanol–water partition coefficient (Wildman–Crippen LogP) is 4.19. The zero-order valence-corrected chi connectivity index (χ0v) is 13.6. The zero-order valence-electron chi connectivity index (χ0n) is 12.8. The van der Waals surface area contributed by atoms with E-state index in [1.807, 2.05) is 23.6 Å². The van der Waals surface area contributed by atoms with Crippen LogP contribution in [0.4, 0.5) is 0 Å². The molecule has 3 rings (SSSR count). The summed E-state index contributed by atoms with van der Waals surface area (Å²) in [6.45, 7) is 0. The number of nitrogens with zero attached hydrogens (tertiary/aromatic N) is 1. The van der Waals surface area contributed by atoms with Crippen molar-refractivity contribution in [1.82, 2.24) is 10.3 Å². The second-order valence-electron chi connectivity index (χ2n) is 5.95. The van der Waals surface area contributed by atoms with Crippen molar-refractivity contribution in [1.29, 1.82) is 0 Å². The number of hydrogen-bond donors (Lipinski definition) is 1. The largest absolute Gasteiger partial charge is 0.348 e. The van der Waals surface area contributed by atoms with Gasteiger partial charge in [0.25, 0.3) is 5.91 Å². The molecule has 1 aliphatic rings. The SMILES string of the molecule is O=C(NC1CCCCCC1)c1csc(Cc2ccccc2)n1. The molecule has 0 atom stereocenters. The maximum absolute atomic E-state index is 12.3. The third-order valence-electron chi connectivity index (χ3n) is 4.17. The van der Waals surface area contributed by atoms with Gasteiger partial charge in [0, 0.05) is 17.8 Å². The van der Waals surface area contributed by atoms with Gasteiger partial charge in [-0.2, -0.15) is 0 Å². The van der Waals surface area contributed by atoms with Crippen molar-refractivity contribution in [2.75, 3.05) is 0 Å². The van der Waals surface area contributed by atoms with Crippen LogP contribution in [0.3, 0.4) is 0 Å². The van der Waals surface area contributed by atoms with Crippen molar-refractivity contribution in [3.63, 3.8) is 0 Å². The highest BCUT2D eigenvalue weighted by atomic mass is 32.1. The van der Waals surface area contributed by atoms with E-state index in [4.69, 9.17) is 0 Å². The van der Waals surface area contributed by atoms with Crippen LogP contribution in [-0.2, 0) is 6.42 Å². The van der Waals surface area contributed by atoms with E-state index in [1.54, 1.807) is 11.3 Å². The lowest BCUT2D eigenvalue weighted by Crippen LogP contribution is -2.34. The average molecular weight is 314 g/mol. The molecule has 1 N–H and O–H groups in total. The minimum Gasteiger partial charge on any atom is -0.348 e. The van der Waals surface area contributed by atoms with Crippen LogP contribution >= 0.6 is 11.3 Å². The Morgan fingerprint density at radius 1 is 1.14 bits per heavy atom. The Morgan fingerprint density at radius 2 is 1.86 bits per heavy atom. The molecule has 1 fully saturated rings. The van der Waals surface area contributed by atoms with Gasteiger partial charge in [-0.15, -0.1) is 11.3 Å². The normalized spacial score (nSPS) is 16.2. The first-order chi connectivity index (χ1) is 10.8. The smallest absolute Gasteiger partial charge is 0.270 e. The Labute approximate surface area is 135 Å². The first kappa shape index (κ1) is 15.2. The van der Waals surface area contributed by atoms with Crippen LogP contribution in [0.15, 0.2) is 35.7 Å². The summed E-state index contributed by atoms with van der Waals surface area (Å²) in [5.41, 5.74) is 1.80. The standard InChI is InChI=1S/C18H22N2OS/c21-18(19-15-10-6-1-2-7-11-15)16-13-22-17(20-16)12-14-8-4-3-5-9-14/h3-5,8-9,13,15H,1-2,6-7,10-12H2,(H,19,21). The first-order valence-corrected chi connectivity index (χ1v) is 8.98. The molecule has 2 aromatic rings. The lowest BCUT2D eigenvalue weighted by Gasteiger charge is -2.15. The van der Waals surface area contributed by atoms with Gasteiger partial charge < -0.3 is 5.32 Å². The number of thiazole rings is 1. The molecule has 3 nitrogen and oxygen atoms in total. The van der Waals surface area contributed by atoms with Crippen LogP contribution in [0.1, 0.15) is 59.6 Å². The number of rotatable bonds is 4. The Hall–Kier alpha value is -1.68. The van der Waals surface area contributed by atoms with Gasteiger partial charge in [-0.05, 0) is 18.4 Å². The first-order valence-electron chi connectivity index (χ1n) is 8.10. The summed E-state index contributed by atoms with van der Waals surface area (Å²) in [5, 5.41) is 6.03. The summed E-state index contributed by atoms with van der Waals surface area (Å²) in [6, 6.07) is 10.6. The second kappa shape index (κ2) is 7.54. The van der Waals surface area contributed by atoms with E-state index in [0.717, 1.165) is 24.3 Å². The molecular weight excluding hydrogens is 292 g/mol. The lowest BCUT2D eigenvalue weighted by molar-refractivity contribution is 0.0929. The topological polar surface area (TPSA) is 42.0 Å². The molecule has 1 heterocycles. The summed E-state index contributed by atoms with van der Waals surface area (Å²) >= 11 is 1.57. The molecule has 0 radical (unpaired) electrons. The van der Waals surface area contributed by atoms with Crippen molar-refractivity contribution in [3.8, 4) is 0 Å². The molecule has 22 heavy (non-hydrogen) atoms. The molecule has 1 amide bonds. The van der Waals surface area contributed by atoms with Crippen molar-refractivity contribution < 1.29 is 4.79 Å². The number of carbonyl (C=O) groups is 1. The molecule has 0 aliphatic heterocycles. The molecular formula is C18H22N2OS. The van der Waals surface area contributed by atoms with Gasteiger partial charge in [-0.25, -0.2) is 4.98 Å². The highest BCUT2D eigenvalue weighted by molar-refractivity contribution is 7.09. The monoisotopic (exact) mass is 314 g/mol. The molecule has 0 saturated heterocycles. The molecule has 0 bridgehead atoms. The van der Waals surface area contributed by atoms with Crippen LogP contribution in [0.25, 0.3) is 0 Å². The zero-order chi connectivity index (χ0) is 15.2. The van der Waals surface area contributed by atoms with Crippen molar-refractivity contribution in [3.05, 3.63) is 52.0 Å². The molecule has 4 heteroatoms. The molecule has 1 aromatic heterocycles. The van der Waals surface area contributed by atoms with Crippen molar-refractivity contribution in [2.45, 2.75) is 51.0 Å². The molecule has 0 spiro atoms. The molecule has 1 aliphatic carbocycles. The Bertz CT molecular complexity index is 601. The van der Waals surface area contributed by atoms with Crippen LogP contribution in [0, 0.1) is 0 Å². The van der Waals surface area contributed by atoms with Gasteiger partial charge in [-0.3, -0.25) is 4.79 Å². The van der Waals surface area contributed by atoms with E-state index in [0.29, 0.717) is 11.7 Å². The van der Waals surface area contributed by atoms with Gasteiger partial charge in [-0.1, -0.05) is 56.0 Å². The second-order valence-corrected chi connectivity index (χ2v) is 6.89. The fourth-order valence-corrected chi connectivity index (χ4v) is 3.76. The van der Waals surface area contributed by atoms with E-state index in [1.165, 1.54) is 31.2 Å². The fourth-order valence-electron chi connectivity index (χ4n) is 2.95. The summed E-state index contributed by atoms with van der Waals surface area (Å²) in [7, 11) is 0. The highest BCUT2D eigenvalue weighted by Gasteiger charge is 2.17. The van der Waals surface area contributed by atoms with E-state index < -0.39 is 0 Å².